The Morgan fingerprint density at radius 1 is 0.905 bits per heavy atom. The molecule has 0 aromatic carbocycles. The highest BCUT2D eigenvalue weighted by Crippen LogP contribution is 1.92. The van der Waals surface area contributed by atoms with Crippen molar-refractivity contribution in [2.45, 2.75) is 33.0 Å². The second-order valence-corrected chi connectivity index (χ2v) is 7.14. The summed E-state index contributed by atoms with van der Waals surface area (Å²) in [7, 11) is 12.4. The van der Waals surface area contributed by atoms with Crippen LogP contribution in [0.25, 0.3) is 0 Å². The summed E-state index contributed by atoms with van der Waals surface area (Å²) in [4.78, 5) is 8.89. The van der Waals surface area contributed by atoms with Crippen LogP contribution in [0.2, 0.25) is 0 Å². The van der Waals surface area contributed by atoms with Gasteiger partial charge in [-0.25, -0.2) is 0 Å². The smallest absolute Gasteiger partial charge is 0.104 e. The van der Waals surface area contributed by atoms with E-state index in [2.05, 4.69) is 42.3 Å². The van der Waals surface area contributed by atoms with Crippen LogP contribution in [0.4, 0.5) is 0 Å². The van der Waals surface area contributed by atoms with Crippen LogP contribution in [-0.2, 0) is 4.79 Å². The van der Waals surface area contributed by atoms with Gasteiger partial charge in [0.25, 0.3) is 0 Å². The molecule has 0 radical (unpaired) electrons. The first-order valence-corrected chi connectivity index (χ1v) is 6.71. The monoisotopic (exact) mass is 374 g/mol. The van der Waals surface area contributed by atoms with Crippen molar-refractivity contribution in [3.05, 3.63) is 0 Å². The van der Waals surface area contributed by atoms with Crippen LogP contribution in [0.3, 0.4) is 0 Å². The van der Waals surface area contributed by atoms with Crippen molar-refractivity contribution in [2.75, 3.05) is 55.4 Å². The van der Waals surface area contributed by atoms with Crippen LogP contribution in [-0.4, -0.2) is 92.7 Å². The number of nitrogens with zero attached hydrogens (tertiary/aromatic N) is 2. The predicted molar refractivity (Wildman–Crippen MR) is 79.8 cm³/mol. The third-order valence-electron chi connectivity index (χ3n) is 1.62. The van der Waals surface area contributed by atoms with Gasteiger partial charge in [-0.2, -0.15) is 0 Å². The molecule has 2 unspecified atom stereocenters. The number of aliphatic carboxylic acids is 1. The summed E-state index contributed by atoms with van der Waals surface area (Å²) in [5.41, 5.74) is 0. The minimum absolute atomic E-state index is 0. The summed E-state index contributed by atoms with van der Waals surface area (Å²) in [6.45, 7) is 6.23. The third kappa shape index (κ3) is 65.3. The highest BCUT2D eigenvalue weighted by Gasteiger charge is 2.10. The van der Waals surface area contributed by atoms with Gasteiger partial charge in [-0.3, -0.25) is 0 Å². The molecule has 0 aliphatic heterocycles. The molecule has 0 heterocycles. The molecule has 132 valence electrons. The minimum atomic E-state index is -1.08. The minimum Gasteiger partial charge on any atom is -1.00 e. The molecule has 0 saturated carbocycles. The molecule has 21 heavy (non-hydrogen) atoms. The van der Waals surface area contributed by atoms with Crippen molar-refractivity contribution >= 4 is 5.97 Å². The van der Waals surface area contributed by atoms with Crippen molar-refractivity contribution in [3.8, 4) is 0 Å². The molecule has 2 N–H and O–H groups in total. The molecular weight excluding hydrogens is 340 g/mol. The molecule has 2 atom stereocenters. The SMILES string of the molecule is CC(=O)[O-].CC(O)C[N+](C)(C)C.CC(O)C[N+](C)(C)C.[Br-]. The van der Waals surface area contributed by atoms with E-state index in [1.165, 1.54) is 0 Å². The average molecular weight is 375 g/mol. The molecule has 0 amide bonds. The predicted octanol–water partition coefficient (Wildman–Crippen LogP) is -4.09. The quantitative estimate of drug-likeness (QED) is 0.490. The molecule has 0 aliphatic rings. The highest BCUT2D eigenvalue weighted by molar-refractivity contribution is 5.60. The van der Waals surface area contributed by atoms with E-state index in [1.54, 1.807) is 0 Å². The van der Waals surface area contributed by atoms with Gasteiger partial charge in [0, 0.05) is 5.97 Å². The third-order valence-corrected chi connectivity index (χ3v) is 1.62. The molecule has 0 aromatic rings. The Hall–Kier alpha value is -0.210. The van der Waals surface area contributed by atoms with Gasteiger partial charge in [0.2, 0.25) is 0 Å². The van der Waals surface area contributed by atoms with Gasteiger partial charge in [-0.05, 0) is 20.8 Å². The number of hydrogen-bond donors (Lipinski definition) is 2. The van der Waals surface area contributed by atoms with Crippen LogP contribution in [0.5, 0.6) is 0 Å². The Morgan fingerprint density at radius 3 is 1.05 bits per heavy atom. The first-order chi connectivity index (χ1) is 8.57. The summed E-state index contributed by atoms with van der Waals surface area (Å²) in [6, 6.07) is 0. The van der Waals surface area contributed by atoms with Crippen molar-refractivity contribution in [1.82, 2.24) is 0 Å². The van der Waals surface area contributed by atoms with E-state index in [-0.39, 0.29) is 29.2 Å². The van der Waals surface area contributed by atoms with Gasteiger partial charge < -0.3 is 46.1 Å². The number of aliphatic hydroxyl groups is 2. The molecular formula is C14H35BrN2O4. The number of carboxylic acid groups (broad SMARTS) is 1. The lowest BCUT2D eigenvalue weighted by Crippen LogP contribution is -3.00. The zero-order valence-electron chi connectivity index (χ0n) is 15.1. The number of carbonyl (C=O) groups is 1. The summed E-state index contributed by atoms with van der Waals surface area (Å²) in [6.07, 6.45) is -0.370. The highest BCUT2D eigenvalue weighted by atomic mass is 79.9. The molecule has 0 bridgehead atoms. The normalized spacial score (nSPS) is 13.5. The molecule has 0 aliphatic carbocycles. The van der Waals surface area contributed by atoms with Gasteiger partial charge in [0.15, 0.2) is 0 Å². The van der Waals surface area contributed by atoms with E-state index in [0.29, 0.717) is 0 Å². The van der Waals surface area contributed by atoms with Crippen LogP contribution in [0.15, 0.2) is 0 Å². The fraction of sp³-hybridized carbons (Fsp3) is 0.929. The number of rotatable bonds is 4. The van der Waals surface area contributed by atoms with Gasteiger partial charge in [-0.15, -0.1) is 0 Å². The topological polar surface area (TPSA) is 80.6 Å². The van der Waals surface area contributed by atoms with Crippen molar-refractivity contribution < 1.29 is 46.1 Å². The van der Waals surface area contributed by atoms with Crippen LogP contribution < -0.4 is 22.1 Å². The first-order valence-electron chi connectivity index (χ1n) is 6.71. The van der Waals surface area contributed by atoms with E-state index >= 15 is 0 Å². The van der Waals surface area contributed by atoms with E-state index in [4.69, 9.17) is 20.1 Å². The van der Waals surface area contributed by atoms with Gasteiger partial charge >= 0.3 is 0 Å². The Morgan fingerprint density at radius 2 is 1.05 bits per heavy atom. The Kier molecular flexibility index (Phi) is 18.5. The molecule has 6 nitrogen and oxygen atoms in total. The van der Waals surface area contributed by atoms with Crippen molar-refractivity contribution in [3.63, 3.8) is 0 Å². The summed E-state index contributed by atoms with van der Waals surface area (Å²) >= 11 is 0. The molecule has 0 aromatic heterocycles. The number of likely N-dealkylation sites (N-methyl/N-ethyl adjacent to an activating group) is 2. The average Bonchev–Trinajstić information content (AvgIpc) is 1.90. The summed E-state index contributed by atoms with van der Waals surface area (Å²) in [5, 5.41) is 26.6. The molecule has 0 spiro atoms. The first kappa shape index (κ1) is 28.9. The molecule has 0 fully saturated rings. The van der Waals surface area contributed by atoms with Gasteiger partial charge in [0.05, 0.1) is 42.3 Å². The number of hydrogen-bond acceptors (Lipinski definition) is 4. The number of quaternary nitrogens is 2. The lowest BCUT2D eigenvalue weighted by atomic mass is 10.3. The lowest BCUT2D eigenvalue weighted by Gasteiger charge is -2.24. The zero-order valence-corrected chi connectivity index (χ0v) is 16.6. The Bertz CT molecular complexity index is 222. The largest absolute Gasteiger partial charge is 1.00 e. The van der Waals surface area contributed by atoms with Gasteiger partial charge in [0.1, 0.15) is 25.3 Å². The maximum Gasteiger partial charge on any atom is 0.104 e. The van der Waals surface area contributed by atoms with Gasteiger partial charge in [-0.1, -0.05) is 0 Å². The fourth-order valence-corrected chi connectivity index (χ4v) is 1.59. The standard InChI is InChI=1S/2C6H16NO.C2H4O2.BrH/c2*1-6(8)5-7(2,3)4;1-2(3)4;/h2*6,8H,5H2,1-4H3;1H3,(H,3,4);1H/q2*+1;;/p-2. The Balaban J connectivity index is -0.000000107. The second-order valence-electron chi connectivity index (χ2n) is 7.14. The van der Waals surface area contributed by atoms with E-state index in [1.807, 2.05) is 13.8 Å². The maximum atomic E-state index is 8.89. The number of aliphatic hydroxyl groups excluding tert-OH is 2. The lowest BCUT2D eigenvalue weighted by molar-refractivity contribution is -0.873. The molecule has 7 heteroatoms. The fourth-order valence-electron chi connectivity index (χ4n) is 1.59. The van der Waals surface area contributed by atoms with E-state index < -0.39 is 5.97 Å². The zero-order chi connectivity index (χ0) is 17.1. The van der Waals surface area contributed by atoms with Crippen LogP contribution >= 0.6 is 0 Å². The second kappa shape index (κ2) is 13.5. The number of carboxylic acids is 1. The van der Waals surface area contributed by atoms with Crippen LogP contribution in [0, 0.1) is 0 Å². The van der Waals surface area contributed by atoms with Crippen molar-refractivity contribution in [2.24, 2.45) is 0 Å². The maximum absolute atomic E-state index is 8.89. The van der Waals surface area contributed by atoms with Crippen LogP contribution in [0.1, 0.15) is 20.8 Å². The van der Waals surface area contributed by atoms with E-state index in [9.17, 15) is 0 Å². The number of carbonyl (C=O) groups excluding carboxylic acids is 1. The molecule has 0 rings (SSSR count). The Labute approximate surface area is 140 Å². The number of halogens is 1. The van der Waals surface area contributed by atoms with Crippen molar-refractivity contribution in [1.29, 1.82) is 0 Å². The molecule has 0 saturated heterocycles. The summed E-state index contributed by atoms with van der Waals surface area (Å²) < 4.78 is 1.66. The summed E-state index contributed by atoms with van der Waals surface area (Å²) in [5.74, 6) is -1.08. The van der Waals surface area contributed by atoms with E-state index in [0.717, 1.165) is 29.0 Å².